The van der Waals surface area contributed by atoms with Gasteiger partial charge in [-0.25, -0.2) is 13.1 Å². The normalized spacial score (nSPS) is 13.1. The Kier molecular flexibility index (Phi) is 5.83. The van der Waals surface area contributed by atoms with Gasteiger partial charge in [-0.05, 0) is 13.0 Å². The molecular formula is C12H20F3N3O2S. The third kappa shape index (κ3) is 5.68. The summed E-state index contributed by atoms with van der Waals surface area (Å²) < 4.78 is 63.3. The number of aryl methyl sites for hydroxylation is 1. The quantitative estimate of drug-likeness (QED) is 0.803. The van der Waals surface area contributed by atoms with Crippen LogP contribution in [0, 0.1) is 0 Å². The molecule has 0 aromatic carbocycles. The first-order chi connectivity index (χ1) is 9.55. The smallest absolute Gasteiger partial charge is 0.349 e. The van der Waals surface area contributed by atoms with Gasteiger partial charge in [-0.3, -0.25) is 0 Å². The molecule has 0 saturated carbocycles. The van der Waals surface area contributed by atoms with Crippen molar-refractivity contribution in [1.29, 1.82) is 0 Å². The van der Waals surface area contributed by atoms with Crippen LogP contribution in [-0.2, 0) is 23.1 Å². The van der Waals surface area contributed by atoms with Gasteiger partial charge in [0.1, 0.15) is 6.54 Å². The summed E-state index contributed by atoms with van der Waals surface area (Å²) in [6.45, 7) is 5.12. The van der Waals surface area contributed by atoms with Crippen LogP contribution in [0.5, 0.6) is 0 Å². The summed E-state index contributed by atoms with van der Waals surface area (Å²) in [5.74, 6) is 0. The van der Waals surface area contributed by atoms with Crippen LogP contribution >= 0.6 is 0 Å². The monoisotopic (exact) mass is 327 g/mol. The average Bonchev–Trinajstić information content (AvgIpc) is 2.77. The molecule has 1 aromatic heterocycles. The summed E-state index contributed by atoms with van der Waals surface area (Å²) in [5.41, 5.74) is 0.707. The van der Waals surface area contributed by atoms with Crippen molar-refractivity contribution in [2.75, 3.05) is 6.54 Å². The Morgan fingerprint density at radius 3 is 2.43 bits per heavy atom. The molecule has 0 radical (unpaired) electrons. The number of halogens is 3. The maximum atomic E-state index is 12.1. The van der Waals surface area contributed by atoms with Gasteiger partial charge in [-0.15, -0.1) is 0 Å². The highest BCUT2D eigenvalue weighted by Crippen LogP contribution is 2.17. The van der Waals surface area contributed by atoms with Gasteiger partial charge in [-0.2, -0.15) is 13.2 Å². The molecule has 5 nitrogen and oxygen atoms in total. The zero-order chi connectivity index (χ0) is 16.3. The van der Waals surface area contributed by atoms with Crippen molar-refractivity contribution in [3.05, 3.63) is 18.0 Å². The second kappa shape index (κ2) is 6.80. The fourth-order valence-corrected chi connectivity index (χ4v) is 2.76. The molecule has 0 aliphatic heterocycles. The zero-order valence-electron chi connectivity index (χ0n) is 12.2. The molecule has 0 aliphatic carbocycles. The van der Waals surface area contributed by atoms with Crippen LogP contribution in [0.1, 0.15) is 26.5 Å². The maximum absolute atomic E-state index is 12.1. The molecule has 1 aromatic rings. The lowest BCUT2D eigenvalue weighted by Gasteiger charge is -2.09. The van der Waals surface area contributed by atoms with Crippen LogP contribution in [0.25, 0.3) is 0 Å². The minimum atomic E-state index is -4.58. The Bertz CT molecular complexity index is 565. The number of aromatic nitrogens is 1. The zero-order valence-corrected chi connectivity index (χ0v) is 13.0. The minimum absolute atomic E-state index is 0.158. The number of sulfonamides is 1. The topological polar surface area (TPSA) is 63.1 Å². The van der Waals surface area contributed by atoms with Gasteiger partial charge in [0, 0.05) is 31.0 Å². The molecule has 0 amide bonds. The molecule has 9 heteroatoms. The van der Waals surface area contributed by atoms with Crippen LogP contribution in [-0.4, -0.2) is 31.7 Å². The molecule has 1 heterocycles. The highest BCUT2D eigenvalue weighted by atomic mass is 32.2. The van der Waals surface area contributed by atoms with Gasteiger partial charge in [0.15, 0.2) is 0 Å². The van der Waals surface area contributed by atoms with E-state index in [1.54, 1.807) is 9.29 Å². The molecule has 0 unspecified atom stereocenters. The van der Waals surface area contributed by atoms with E-state index in [1.165, 1.54) is 12.3 Å². The summed E-state index contributed by atoms with van der Waals surface area (Å²) in [5, 5.41) is 3.14. The highest BCUT2D eigenvalue weighted by molar-refractivity contribution is 7.89. The van der Waals surface area contributed by atoms with Crippen LogP contribution < -0.4 is 10.0 Å². The van der Waals surface area contributed by atoms with Crippen molar-refractivity contribution in [2.24, 2.45) is 0 Å². The molecule has 0 atom stereocenters. The number of alkyl halides is 3. The van der Waals surface area contributed by atoms with Gasteiger partial charge in [0.05, 0.1) is 4.90 Å². The van der Waals surface area contributed by atoms with E-state index in [-0.39, 0.29) is 10.9 Å². The SMILES string of the molecule is CCn1cc(S(=O)(=O)NCC(F)(F)F)cc1CNC(C)C. The van der Waals surface area contributed by atoms with E-state index in [9.17, 15) is 21.6 Å². The predicted molar refractivity (Wildman–Crippen MR) is 73.3 cm³/mol. The first kappa shape index (κ1) is 18.0. The van der Waals surface area contributed by atoms with Crippen LogP contribution in [0.4, 0.5) is 13.2 Å². The summed E-state index contributed by atoms with van der Waals surface area (Å²) in [6, 6.07) is 1.60. The molecule has 21 heavy (non-hydrogen) atoms. The second-order valence-electron chi connectivity index (χ2n) is 4.93. The van der Waals surface area contributed by atoms with Crippen LogP contribution in [0.3, 0.4) is 0 Å². The Morgan fingerprint density at radius 1 is 1.33 bits per heavy atom. The van der Waals surface area contributed by atoms with Gasteiger partial charge in [0.25, 0.3) is 0 Å². The molecule has 0 aliphatic rings. The van der Waals surface area contributed by atoms with E-state index in [0.29, 0.717) is 18.8 Å². The second-order valence-corrected chi connectivity index (χ2v) is 6.70. The number of hydrogen-bond donors (Lipinski definition) is 2. The van der Waals surface area contributed by atoms with Gasteiger partial charge >= 0.3 is 6.18 Å². The maximum Gasteiger partial charge on any atom is 0.402 e. The first-order valence-corrected chi connectivity index (χ1v) is 8.02. The van der Waals surface area contributed by atoms with Crippen LogP contribution in [0.2, 0.25) is 0 Å². The van der Waals surface area contributed by atoms with Crippen molar-refractivity contribution in [1.82, 2.24) is 14.6 Å². The lowest BCUT2D eigenvalue weighted by atomic mass is 10.3. The van der Waals surface area contributed by atoms with Crippen molar-refractivity contribution >= 4 is 10.0 Å². The standard InChI is InChI=1S/C12H20F3N3O2S/c1-4-18-7-11(5-10(18)6-16-9(2)3)21(19,20)17-8-12(13,14)15/h5,7,9,16-17H,4,6,8H2,1-3H3. The molecule has 0 spiro atoms. The number of rotatable bonds is 7. The van der Waals surface area contributed by atoms with Crippen molar-refractivity contribution in [2.45, 2.75) is 51.0 Å². The fraction of sp³-hybridized carbons (Fsp3) is 0.667. The molecule has 1 rings (SSSR count). The number of nitrogens with zero attached hydrogens (tertiary/aromatic N) is 1. The van der Waals surface area contributed by atoms with Crippen molar-refractivity contribution in [3.63, 3.8) is 0 Å². The Morgan fingerprint density at radius 2 is 1.95 bits per heavy atom. The lowest BCUT2D eigenvalue weighted by Crippen LogP contribution is -2.33. The van der Waals surface area contributed by atoms with E-state index in [1.807, 2.05) is 20.8 Å². The number of nitrogens with one attached hydrogen (secondary N) is 2. The first-order valence-electron chi connectivity index (χ1n) is 6.54. The van der Waals surface area contributed by atoms with Crippen molar-refractivity contribution < 1.29 is 21.6 Å². The summed E-state index contributed by atoms with van der Waals surface area (Å²) in [7, 11) is -4.16. The summed E-state index contributed by atoms with van der Waals surface area (Å²) >= 11 is 0. The molecule has 0 bridgehead atoms. The van der Waals surface area contributed by atoms with E-state index in [4.69, 9.17) is 0 Å². The third-order valence-corrected chi connectivity index (χ3v) is 4.13. The van der Waals surface area contributed by atoms with E-state index in [2.05, 4.69) is 5.32 Å². The molecule has 122 valence electrons. The third-order valence-electron chi connectivity index (χ3n) is 2.77. The van der Waals surface area contributed by atoms with Crippen LogP contribution in [0.15, 0.2) is 17.2 Å². The molecule has 2 N–H and O–H groups in total. The molecule has 0 fully saturated rings. The molecule has 0 saturated heterocycles. The van der Waals surface area contributed by atoms with Gasteiger partial charge < -0.3 is 9.88 Å². The van der Waals surface area contributed by atoms with Crippen molar-refractivity contribution in [3.8, 4) is 0 Å². The predicted octanol–water partition coefficient (Wildman–Crippen LogP) is 1.85. The summed E-state index contributed by atoms with van der Waals surface area (Å²) in [6.07, 6.45) is -3.24. The van der Waals surface area contributed by atoms with E-state index >= 15 is 0 Å². The highest BCUT2D eigenvalue weighted by Gasteiger charge is 2.30. The Labute approximate surface area is 122 Å². The lowest BCUT2D eigenvalue weighted by molar-refractivity contribution is -0.121. The largest absolute Gasteiger partial charge is 0.402 e. The van der Waals surface area contributed by atoms with Gasteiger partial charge in [0.2, 0.25) is 10.0 Å². The minimum Gasteiger partial charge on any atom is -0.349 e. The van der Waals surface area contributed by atoms with E-state index < -0.39 is 22.7 Å². The average molecular weight is 327 g/mol. The Balaban J connectivity index is 2.92. The van der Waals surface area contributed by atoms with Gasteiger partial charge in [-0.1, -0.05) is 13.8 Å². The van der Waals surface area contributed by atoms with E-state index in [0.717, 1.165) is 0 Å². The Hall–Kier alpha value is -1.06. The molecular weight excluding hydrogens is 307 g/mol. The summed E-state index contributed by atoms with van der Waals surface area (Å²) in [4.78, 5) is -0.158. The fourth-order valence-electron chi connectivity index (χ4n) is 1.68. The number of hydrogen-bond acceptors (Lipinski definition) is 3.